The summed E-state index contributed by atoms with van der Waals surface area (Å²) < 4.78 is 6.93. The molecule has 1 unspecified atom stereocenters. The van der Waals surface area contributed by atoms with Gasteiger partial charge in [-0.3, -0.25) is 0 Å². The van der Waals surface area contributed by atoms with Gasteiger partial charge in [0.1, 0.15) is 0 Å². The van der Waals surface area contributed by atoms with Crippen molar-refractivity contribution in [1.82, 2.24) is 9.55 Å². The van der Waals surface area contributed by atoms with E-state index in [0.29, 0.717) is 18.3 Å². The molecule has 2 rings (SSSR count). The van der Waals surface area contributed by atoms with E-state index in [1.54, 1.807) is 19.4 Å². The molecule has 1 fully saturated rings. The molecule has 4 heteroatoms. The average Bonchev–Trinajstić information content (AvgIpc) is 2.78. The predicted molar refractivity (Wildman–Crippen MR) is 64.8 cm³/mol. The largest absolute Gasteiger partial charge is 0.461 e. The number of allylic oxidation sites excluding steroid dienone is 1. The maximum atomic E-state index is 11.5. The molecule has 4 nitrogen and oxygen atoms in total. The van der Waals surface area contributed by atoms with E-state index in [0.717, 1.165) is 25.7 Å². The third kappa shape index (κ3) is 2.75. The van der Waals surface area contributed by atoms with Crippen LogP contribution < -0.4 is 0 Å². The molecular weight excluding hydrogens is 216 g/mol. The van der Waals surface area contributed by atoms with Crippen molar-refractivity contribution in [3.8, 4) is 0 Å². The summed E-state index contributed by atoms with van der Waals surface area (Å²) in [4.78, 5) is 15.6. The number of ether oxygens (including phenoxy) is 1. The Morgan fingerprint density at radius 2 is 2.53 bits per heavy atom. The zero-order valence-electron chi connectivity index (χ0n) is 10.2. The Kier molecular flexibility index (Phi) is 3.61. The van der Waals surface area contributed by atoms with Crippen molar-refractivity contribution in [1.29, 1.82) is 0 Å². The molecule has 1 aliphatic carbocycles. The monoisotopic (exact) mass is 234 g/mol. The van der Waals surface area contributed by atoms with Crippen LogP contribution in [-0.4, -0.2) is 22.1 Å². The number of aromatic nitrogens is 2. The van der Waals surface area contributed by atoms with Crippen molar-refractivity contribution >= 4 is 5.97 Å². The van der Waals surface area contributed by atoms with Gasteiger partial charge in [0.2, 0.25) is 0 Å². The fourth-order valence-corrected chi connectivity index (χ4v) is 2.23. The van der Waals surface area contributed by atoms with Crippen LogP contribution in [0.25, 0.3) is 0 Å². The van der Waals surface area contributed by atoms with Crippen LogP contribution in [0.3, 0.4) is 0 Å². The second kappa shape index (κ2) is 5.17. The van der Waals surface area contributed by atoms with E-state index in [-0.39, 0.29) is 5.97 Å². The van der Waals surface area contributed by atoms with Gasteiger partial charge >= 0.3 is 5.97 Å². The molecule has 0 saturated heterocycles. The normalized spacial score (nSPS) is 20.3. The van der Waals surface area contributed by atoms with Gasteiger partial charge in [-0.25, -0.2) is 9.78 Å². The third-order valence-corrected chi connectivity index (χ3v) is 3.10. The highest BCUT2D eigenvalue weighted by molar-refractivity contribution is 5.86. The van der Waals surface area contributed by atoms with Crippen molar-refractivity contribution in [2.45, 2.75) is 38.6 Å². The molecule has 0 radical (unpaired) electrons. The predicted octanol–water partition coefficient (Wildman–Crippen LogP) is 2.73. The van der Waals surface area contributed by atoms with E-state index in [2.05, 4.69) is 11.6 Å². The summed E-state index contributed by atoms with van der Waals surface area (Å²) in [6.07, 6.45) is 7.89. The Morgan fingerprint density at radius 1 is 1.71 bits per heavy atom. The van der Waals surface area contributed by atoms with Crippen molar-refractivity contribution in [3.63, 3.8) is 0 Å². The van der Waals surface area contributed by atoms with E-state index in [1.807, 2.05) is 4.57 Å². The zero-order valence-corrected chi connectivity index (χ0v) is 10.2. The summed E-state index contributed by atoms with van der Waals surface area (Å²) in [5.41, 5.74) is 1.68. The summed E-state index contributed by atoms with van der Waals surface area (Å²) >= 11 is 0. The van der Waals surface area contributed by atoms with Crippen LogP contribution in [0.15, 0.2) is 24.7 Å². The SMILES string of the molecule is C=C1CCCC(n2cnc(C(=O)OCC)c2)C1. The first kappa shape index (κ1) is 11.9. The smallest absolute Gasteiger partial charge is 0.358 e. The van der Waals surface area contributed by atoms with Crippen LogP contribution in [0, 0.1) is 0 Å². The first-order valence-electron chi connectivity index (χ1n) is 6.08. The van der Waals surface area contributed by atoms with Gasteiger partial charge < -0.3 is 9.30 Å². The lowest BCUT2D eigenvalue weighted by Gasteiger charge is -2.24. The number of imidazole rings is 1. The fourth-order valence-electron chi connectivity index (χ4n) is 2.23. The molecule has 0 aliphatic heterocycles. The van der Waals surface area contributed by atoms with E-state index in [9.17, 15) is 4.79 Å². The summed E-state index contributed by atoms with van der Waals surface area (Å²) in [6, 6.07) is 0.395. The molecule has 0 bridgehead atoms. The third-order valence-electron chi connectivity index (χ3n) is 3.10. The van der Waals surface area contributed by atoms with Crippen molar-refractivity contribution in [2.24, 2.45) is 0 Å². The second-order valence-electron chi connectivity index (χ2n) is 4.43. The lowest BCUT2D eigenvalue weighted by molar-refractivity contribution is 0.0520. The molecule has 1 aromatic heterocycles. The standard InChI is InChI=1S/C13H18N2O2/c1-3-17-13(16)12-8-15(9-14-12)11-6-4-5-10(2)7-11/h8-9,11H,2-7H2,1H3. The Labute approximate surface area is 101 Å². The Morgan fingerprint density at radius 3 is 3.24 bits per heavy atom. The van der Waals surface area contributed by atoms with Crippen molar-refractivity contribution in [3.05, 3.63) is 30.4 Å². The molecule has 1 heterocycles. The number of hydrogen-bond acceptors (Lipinski definition) is 3. The Bertz CT molecular complexity index is 423. The van der Waals surface area contributed by atoms with E-state index in [4.69, 9.17) is 4.74 Å². The first-order valence-corrected chi connectivity index (χ1v) is 6.08. The van der Waals surface area contributed by atoms with Gasteiger partial charge in [0, 0.05) is 12.2 Å². The molecule has 1 atom stereocenters. The van der Waals surface area contributed by atoms with Crippen LogP contribution in [0.5, 0.6) is 0 Å². The van der Waals surface area contributed by atoms with Gasteiger partial charge in [-0.05, 0) is 32.6 Å². The maximum absolute atomic E-state index is 11.5. The number of hydrogen-bond donors (Lipinski definition) is 0. The quantitative estimate of drug-likeness (QED) is 0.596. The van der Waals surface area contributed by atoms with Crippen LogP contribution in [0.1, 0.15) is 49.1 Å². The molecule has 17 heavy (non-hydrogen) atoms. The summed E-state index contributed by atoms with van der Waals surface area (Å²) in [5.74, 6) is -0.346. The van der Waals surface area contributed by atoms with Crippen molar-refractivity contribution < 1.29 is 9.53 Å². The maximum Gasteiger partial charge on any atom is 0.358 e. The van der Waals surface area contributed by atoms with Crippen LogP contribution in [0.2, 0.25) is 0 Å². The first-order chi connectivity index (χ1) is 8.20. The molecule has 0 spiro atoms. The average molecular weight is 234 g/mol. The summed E-state index contributed by atoms with van der Waals surface area (Å²) in [7, 11) is 0. The summed E-state index contributed by atoms with van der Waals surface area (Å²) in [5, 5.41) is 0. The number of nitrogens with zero attached hydrogens (tertiary/aromatic N) is 2. The highest BCUT2D eigenvalue weighted by atomic mass is 16.5. The molecular formula is C13H18N2O2. The molecule has 1 aliphatic rings. The number of carbonyl (C=O) groups excluding carboxylic acids is 1. The highest BCUT2D eigenvalue weighted by Crippen LogP contribution is 2.30. The highest BCUT2D eigenvalue weighted by Gasteiger charge is 2.19. The minimum atomic E-state index is -0.346. The topological polar surface area (TPSA) is 44.1 Å². The van der Waals surface area contributed by atoms with Crippen LogP contribution in [0.4, 0.5) is 0 Å². The van der Waals surface area contributed by atoms with Gasteiger partial charge in [-0.1, -0.05) is 12.2 Å². The number of esters is 1. The van der Waals surface area contributed by atoms with Gasteiger partial charge in [-0.15, -0.1) is 0 Å². The van der Waals surface area contributed by atoms with Gasteiger partial charge in [0.15, 0.2) is 5.69 Å². The molecule has 0 N–H and O–H groups in total. The lowest BCUT2D eigenvalue weighted by atomic mass is 9.92. The minimum absolute atomic E-state index is 0.346. The van der Waals surface area contributed by atoms with E-state index >= 15 is 0 Å². The van der Waals surface area contributed by atoms with E-state index < -0.39 is 0 Å². The minimum Gasteiger partial charge on any atom is -0.461 e. The molecule has 1 saturated carbocycles. The number of carbonyl (C=O) groups is 1. The number of rotatable bonds is 3. The van der Waals surface area contributed by atoms with Crippen molar-refractivity contribution in [2.75, 3.05) is 6.61 Å². The second-order valence-corrected chi connectivity index (χ2v) is 4.43. The van der Waals surface area contributed by atoms with Gasteiger partial charge in [0.05, 0.1) is 12.9 Å². The summed E-state index contributed by atoms with van der Waals surface area (Å²) in [6.45, 7) is 6.21. The Balaban J connectivity index is 2.07. The van der Waals surface area contributed by atoms with Gasteiger partial charge in [-0.2, -0.15) is 0 Å². The molecule has 1 aromatic rings. The lowest BCUT2D eigenvalue weighted by Crippen LogP contribution is -2.12. The van der Waals surface area contributed by atoms with Crippen LogP contribution >= 0.6 is 0 Å². The molecule has 0 aromatic carbocycles. The molecule has 0 amide bonds. The fraction of sp³-hybridized carbons (Fsp3) is 0.538. The van der Waals surface area contributed by atoms with E-state index in [1.165, 1.54) is 5.57 Å². The molecule has 92 valence electrons. The zero-order chi connectivity index (χ0) is 12.3. The van der Waals surface area contributed by atoms with Gasteiger partial charge in [0.25, 0.3) is 0 Å². The van der Waals surface area contributed by atoms with Crippen LogP contribution in [-0.2, 0) is 4.74 Å². The Hall–Kier alpha value is -1.58.